The van der Waals surface area contributed by atoms with E-state index in [-0.39, 0.29) is 30.6 Å². The molecule has 0 atom stereocenters. The van der Waals surface area contributed by atoms with Crippen LogP contribution in [0.25, 0.3) is 0 Å². The molecule has 0 unspecified atom stereocenters. The highest BCUT2D eigenvalue weighted by Crippen LogP contribution is 2.17. The van der Waals surface area contributed by atoms with Crippen LogP contribution in [0, 0.1) is 0 Å². The van der Waals surface area contributed by atoms with Crippen molar-refractivity contribution in [1.29, 1.82) is 0 Å². The summed E-state index contributed by atoms with van der Waals surface area (Å²) in [5, 5.41) is 6.41. The molecule has 160 valence electrons. The lowest BCUT2D eigenvalue weighted by atomic mass is 10.1. The van der Waals surface area contributed by atoms with E-state index in [1.807, 2.05) is 36.4 Å². The first kappa shape index (κ1) is 25.0. The fourth-order valence-corrected chi connectivity index (χ4v) is 2.47. The molecule has 5 nitrogen and oxygen atoms in total. The van der Waals surface area contributed by atoms with E-state index < -0.39 is 12.8 Å². The molecule has 0 aliphatic rings. The van der Waals surface area contributed by atoms with E-state index in [0.29, 0.717) is 24.6 Å². The largest absolute Gasteiger partial charge is 0.496 e. The van der Waals surface area contributed by atoms with Gasteiger partial charge in [0.25, 0.3) is 0 Å². The van der Waals surface area contributed by atoms with Gasteiger partial charge in [0, 0.05) is 25.7 Å². The molecule has 0 saturated heterocycles. The van der Waals surface area contributed by atoms with Crippen molar-refractivity contribution in [2.75, 3.05) is 20.8 Å². The number of guanidine groups is 1. The van der Waals surface area contributed by atoms with Gasteiger partial charge < -0.3 is 20.1 Å². The molecule has 0 aromatic heterocycles. The van der Waals surface area contributed by atoms with Crippen LogP contribution in [0.3, 0.4) is 0 Å². The molecule has 0 radical (unpaired) electrons. The van der Waals surface area contributed by atoms with E-state index in [4.69, 9.17) is 4.74 Å². The van der Waals surface area contributed by atoms with Crippen molar-refractivity contribution in [1.82, 2.24) is 10.6 Å². The molecular weight excluding hydrogens is 498 g/mol. The van der Waals surface area contributed by atoms with Gasteiger partial charge in [0.05, 0.1) is 13.7 Å². The Balaban J connectivity index is 0.00000420. The molecule has 0 bridgehead atoms. The predicted molar refractivity (Wildman–Crippen MR) is 118 cm³/mol. The molecule has 0 aliphatic carbocycles. The number of halogens is 4. The maximum absolute atomic E-state index is 12.1. The standard InChI is InChI=1S/C20H24F3N3O2.HI/c1-24-19(26-12-17-5-3-4-6-18(17)27-2)25-11-15-7-9-16(10-8-15)13-28-14-20(21,22)23;/h3-10H,11-14H2,1-2H3,(H2,24,25,26);1H. The maximum Gasteiger partial charge on any atom is 0.411 e. The summed E-state index contributed by atoms with van der Waals surface area (Å²) in [5.74, 6) is 1.43. The molecule has 2 aromatic rings. The van der Waals surface area contributed by atoms with Crippen molar-refractivity contribution >= 4 is 29.9 Å². The van der Waals surface area contributed by atoms with Crippen molar-refractivity contribution in [2.24, 2.45) is 4.99 Å². The average molecular weight is 523 g/mol. The highest BCUT2D eigenvalue weighted by molar-refractivity contribution is 14.0. The lowest BCUT2D eigenvalue weighted by Gasteiger charge is -2.14. The molecule has 0 fully saturated rings. The lowest BCUT2D eigenvalue weighted by molar-refractivity contribution is -0.176. The zero-order valence-corrected chi connectivity index (χ0v) is 18.6. The van der Waals surface area contributed by atoms with Crippen LogP contribution in [0.5, 0.6) is 5.75 Å². The molecule has 0 aliphatic heterocycles. The predicted octanol–water partition coefficient (Wildman–Crippen LogP) is 4.26. The molecule has 0 saturated carbocycles. The second-order valence-corrected chi connectivity index (χ2v) is 6.02. The van der Waals surface area contributed by atoms with Crippen LogP contribution in [0.2, 0.25) is 0 Å². The fraction of sp³-hybridized carbons (Fsp3) is 0.350. The number of aliphatic imine (C=N–C) groups is 1. The quantitative estimate of drug-likeness (QED) is 0.309. The van der Waals surface area contributed by atoms with E-state index in [9.17, 15) is 13.2 Å². The third kappa shape index (κ3) is 9.35. The second kappa shape index (κ2) is 12.5. The molecule has 0 heterocycles. The van der Waals surface area contributed by atoms with Crippen molar-refractivity contribution in [2.45, 2.75) is 25.9 Å². The molecule has 0 amide bonds. The summed E-state index contributed by atoms with van der Waals surface area (Å²) in [7, 11) is 3.31. The third-order valence-corrected chi connectivity index (χ3v) is 3.88. The van der Waals surface area contributed by atoms with E-state index >= 15 is 0 Å². The SMILES string of the molecule is CN=C(NCc1ccc(COCC(F)(F)F)cc1)NCc1ccccc1OC.I. The Hall–Kier alpha value is -2.01. The molecule has 9 heteroatoms. The van der Waals surface area contributed by atoms with Crippen molar-refractivity contribution < 1.29 is 22.6 Å². The molecule has 2 N–H and O–H groups in total. The Morgan fingerprint density at radius 3 is 2.21 bits per heavy atom. The number of nitrogens with zero attached hydrogens (tertiary/aromatic N) is 1. The summed E-state index contributed by atoms with van der Waals surface area (Å²) in [6.45, 7) is -0.242. The monoisotopic (exact) mass is 523 g/mol. The van der Waals surface area contributed by atoms with Gasteiger partial charge in [-0.25, -0.2) is 0 Å². The Kier molecular flexibility index (Phi) is 10.8. The zero-order chi connectivity index (χ0) is 20.4. The van der Waals surface area contributed by atoms with Gasteiger partial charge in [-0.15, -0.1) is 24.0 Å². The number of hydrogen-bond donors (Lipinski definition) is 2. The number of rotatable bonds is 8. The molecule has 29 heavy (non-hydrogen) atoms. The maximum atomic E-state index is 12.1. The smallest absolute Gasteiger partial charge is 0.411 e. The van der Waals surface area contributed by atoms with Crippen LogP contribution in [-0.4, -0.2) is 32.9 Å². The number of para-hydroxylation sites is 1. The first-order valence-electron chi connectivity index (χ1n) is 8.70. The number of ether oxygens (including phenoxy) is 2. The first-order valence-corrected chi connectivity index (χ1v) is 8.70. The van der Waals surface area contributed by atoms with E-state index in [0.717, 1.165) is 16.9 Å². The number of methoxy groups -OCH3 is 1. The Bertz CT molecular complexity index is 768. The van der Waals surface area contributed by atoms with Crippen LogP contribution in [0.1, 0.15) is 16.7 Å². The number of nitrogens with one attached hydrogen (secondary N) is 2. The average Bonchev–Trinajstić information content (AvgIpc) is 2.68. The van der Waals surface area contributed by atoms with Gasteiger partial charge in [0.2, 0.25) is 0 Å². The summed E-state index contributed by atoms with van der Waals surface area (Å²) >= 11 is 0. The number of alkyl halides is 3. The Morgan fingerprint density at radius 2 is 1.59 bits per heavy atom. The topological polar surface area (TPSA) is 54.9 Å². The zero-order valence-electron chi connectivity index (χ0n) is 16.3. The van der Waals surface area contributed by atoms with Gasteiger partial charge >= 0.3 is 6.18 Å². The third-order valence-electron chi connectivity index (χ3n) is 3.88. The van der Waals surface area contributed by atoms with E-state index in [2.05, 4.69) is 20.4 Å². The van der Waals surface area contributed by atoms with Gasteiger partial charge in [0.1, 0.15) is 12.4 Å². The lowest BCUT2D eigenvalue weighted by Crippen LogP contribution is -2.36. The van der Waals surface area contributed by atoms with Crippen molar-refractivity contribution in [3.05, 3.63) is 65.2 Å². The summed E-state index contributed by atoms with van der Waals surface area (Å²) in [5.41, 5.74) is 2.67. The summed E-state index contributed by atoms with van der Waals surface area (Å²) in [4.78, 5) is 4.18. The minimum Gasteiger partial charge on any atom is -0.496 e. The number of hydrogen-bond acceptors (Lipinski definition) is 3. The minimum atomic E-state index is -4.31. The summed E-state index contributed by atoms with van der Waals surface area (Å²) in [6, 6.07) is 14.9. The molecular formula is C20H25F3IN3O2. The van der Waals surface area contributed by atoms with Crippen LogP contribution in [-0.2, 0) is 24.4 Å². The van der Waals surface area contributed by atoms with Gasteiger partial charge in [-0.1, -0.05) is 42.5 Å². The number of benzene rings is 2. The van der Waals surface area contributed by atoms with Gasteiger partial charge in [-0.2, -0.15) is 13.2 Å². The summed E-state index contributed by atoms with van der Waals surface area (Å²) in [6.07, 6.45) is -4.31. The van der Waals surface area contributed by atoms with Crippen LogP contribution in [0.4, 0.5) is 13.2 Å². The highest BCUT2D eigenvalue weighted by Gasteiger charge is 2.27. The van der Waals surface area contributed by atoms with E-state index in [1.54, 1.807) is 26.3 Å². The van der Waals surface area contributed by atoms with Crippen molar-refractivity contribution in [3.8, 4) is 5.75 Å². The van der Waals surface area contributed by atoms with Crippen LogP contribution in [0.15, 0.2) is 53.5 Å². The Morgan fingerprint density at radius 1 is 0.966 bits per heavy atom. The van der Waals surface area contributed by atoms with Crippen LogP contribution < -0.4 is 15.4 Å². The fourth-order valence-electron chi connectivity index (χ4n) is 2.47. The normalized spacial score (nSPS) is 11.6. The van der Waals surface area contributed by atoms with Gasteiger partial charge in [-0.3, -0.25) is 4.99 Å². The Labute approximate surface area is 185 Å². The van der Waals surface area contributed by atoms with Crippen molar-refractivity contribution in [3.63, 3.8) is 0 Å². The minimum absolute atomic E-state index is 0. The van der Waals surface area contributed by atoms with Gasteiger partial charge in [-0.05, 0) is 17.2 Å². The van der Waals surface area contributed by atoms with Crippen LogP contribution >= 0.6 is 24.0 Å². The highest BCUT2D eigenvalue weighted by atomic mass is 127. The molecule has 0 spiro atoms. The molecule has 2 rings (SSSR count). The van der Waals surface area contributed by atoms with E-state index in [1.165, 1.54) is 0 Å². The molecule has 2 aromatic carbocycles. The first-order chi connectivity index (χ1) is 13.4. The summed E-state index contributed by atoms with van der Waals surface area (Å²) < 4.78 is 46.2. The van der Waals surface area contributed by atoms with Gasteiger partial charge in [0.15, 0.2) is 5.96 Å². The second-order valence-electron chi connectivity index (χ2n) is 6.02.